The fourth-order valence-electron chi connectivity index (χ4n) is 3.28. The van der Waals surface area contributed by atoms with E-state index in [1.807, 2.05) is 6.92 Å². The summed E-state index contributed by atoms with van der Waals surface area (Å²) >= 11 is 0. The molecule has 0 bridgehead atoms. The van der Waals surface area contributed by atoms with Crippen molar-refractivity contribution in [2.24, 2.45) is 5.73 Å². The highest BCUT2D eigenvalue weighted by Gasteiger charge is 2.25. The number of nitrogens with two attached hydrogens (primary N) is 1. The molecule has 0 spiro atoms. The maximum Gasteiger partial charge on any atom is 0.472 e. The van der Waals surface area contributed by atoms with E-state index < -0.39 is 32.5 Å². The van der Waals surface area contributed by atoms with Crippen LogP contribution in [0.25, 0.3) is 0 Å². The highest BCUT2D eigenvalue weighted by atomic mass is 31.2. The van der Waals surface area contributed by atoms with Gasteiger partial charge in [-0.1, -0.05) is 84.5 Å². The maximum atomic E-state index is 12.1. The fourth-order valence-corrected chi connectivity index (χ4v) is 4.04. The van der Waals surface area contributed by atoms with Crippen LogP contribution in [0, 0.1) is 0 Å². The highest BCUT2D eigenvalue weighted by Crippen LogP contribution is 2.43. The first kappa shape index (κ1) is 33.0. The van der Waals surface area contributed by atoms with Gasteiger partial charge in [0.15, 0.2) is 6.10 Å². The molecule has 0 saturated heterocycles. The summed E-state index contributed by atoms with van der Waals surface area (Å²) in [6, 6.07) is 0. The van der Waals surface area contributed by atoms with Crippen LogP contribution in [0.3, 0.4) is 0 Å². The zero-order chi connectivity index (χ0) is 25.5. The molecule has 34 heavy (non-hydrogen) atoms. The number of unbranched alkanes of at least 4 members (excludes halogenated alkanes) is 11. The summed E-state index contributed by atoms with van der Waals surface area (Å²) in [7, 11) is -4.33. The van der Waals surface area contributed by atoms with Crippen molar-refractivity contribution in [1.29, 1.82) is 0 Å². The Morgan fingerprint density at radius 3 is 1.85 bits per heavy atom. The van der Waals surface area contributed by atoms with Crippen molar-refractivity contribution in [3.8, 4) is 0 Å². The molecule has 1 unspecified atom stereocenters. The van der Waals surface area contributed by atoms with Gasteiger partial charge in [-0.15, -0.1) is 0 Å². The molecule has 0 aromatic heterocycles. The van der Waals surface area contributed by atoms with Crippen molar-refractivity contribution in [3.63, 3.8) is 0 Å². The average molecular weight is 510 g/mol. The van der Waals surface area contributed by atoms with Crippen molar-refractivity contribution < 1.29 is 37.6 Å². The molecule has 0 amide bonds. The highest BCUT2D eigenvalue weighted by molar-refractivity contribution is 7.47. The van der Waals surface area contributed by atoms with Gasteiger partial charge in [-0.2, -0.15) is 0 Å². The summed E-state index contributed by atoms with van der Waals surface area (Å²) in [6.45, 7) is 3.48. The van der Waals surface area contributed by atoms with Gasteiger partial charge in [-0.25, -0.2) is 4.57 Å². The second kappa shape index (κ2) is 22.5. The van der Waals surface area contributed by atoms with Gasteiger partial charge in [0.05, 0.1) is 13.2 Å². The molecule has 3 N–H and O–H groups in total. The second-order valence-electron chi connectivity index (χ2n) is 8.57. The van der Waals surface area contributed by atoms with Gasteiger partial charge in [-0.3, -0.25) is 18.6 Å². The number of rotatable bonds is 24. The first-order valence-corrected chi connectivity index (χ1v) is 14.5. The van der Waals surface area contributed by atoms with Crippen molar-refractivity contribution in [1.82, 2.24) is 0 Å². The largest absolute Gasteiger partial charge is 0.472 e. The molecule has 0 aliphatic carbocycles. The van der Waals surface area contributed by atoms with E-state index in [9.17, 15) is 19.0 Å². The fraction of sp³-hybridized carbons (Fsp3) is 0.917. The molecule has 0 aliphatic rings. The number of carbonyl (C=O) groups excluding carboxylic acids is 2. The minimum Gasteiger partial charge on any atom is -0.462 e. The van der Waals surface area contributed by atoms with Gasteiger partial charge in [0.2, 0.25) is 0 Å². The monoisotopic (exact) mass is 509 g/mol. The van der Waals surface area contributed by atoms with Gasteiger partial charge in [0.25, 0.3) is 0 Å². The molecular formula is C24H48NO8P. The lowest BCUT2D eigenvalue weighted by Crippen LogP contribution is -2.29. The van der Waals surface area contributed by atoms with Crippen LogP contribution in [0.5, 0.6) is 0 Å². The lowest BCUT2D eigenvalue weighted by molar-refractivity contribution is -0.161. The normalized spacial score (nSPS) is 13.9. The van der Waals surface area contributed by atoms with Crippen LogP contribution in [0.4, 0.5) is 0 Å². The van der Waals surface area contributed by atoms with Gasteiger partial charge in [-0.05, 0) is 12.8 Å². The molecule has 0 saturated carbocycles. The van der Waals surface area contributed by atoms with E-state index in [-0.39, 0.29) is 32.6 Å². The van der Waals surface area contributed by atoms with Gasteiger partial charge in [0, 0.05) is 19.4 Å². The standard InChI is InChI=1S/C24H48NO8P/c1-3-5-7-8-9-10-11-12-13-15-16-23(26)30-20-22(33-24(27)17-14-6-4-2)21-32-34(28,29)31-19-18-25/h22H,3-21,25H2,1-2H3,(H,28,29)/t22-/m0/s1. The van der Waals surface area contributed by atoms with Crippen LogP contribution in [-0.4, -0.2) is 49.3 Å². The zero-order valence-corrected chi connectivity index (χ0v) is 22.2. The Labute approximate surface area is 206 Å². The molecule has 10 heteroatoms. The Morgan fingerprint density at radius 2 is 1.26 bits per heavy atom. The molecule has 0 heterocycles. The van der Waals surface area contributed by atoms with E-state index >= 15 is 0 Å². The van der Waals surface area contributed by atoms with E-state index in [0.29, 0.717) is 6.42 Å². The number of hydrogen-bond donors (Lipinski definition) is 2. The van der Waals surface area contributed by atoms with Crippen LogP contribution < -0.4 is 5.73 Å². The molecule has 9 nitrogen and oxygen atoms in total. The molecular weight excluding hydrogens is 461 g/mol. The Bertz CT molecular complexity index is 561. The van der Waals surface area contributed by atoms with Crippen molar-refractivity contribution in [3.05, 3.63) is 0 Å². The first-order chi connectivity index (χ1) is 16.3. The summed E-state index contributed by atoms with van der Waals surface area (Å²) in [5.41, 5.74) is 5.25. The third-order valence-corrected chi connectivity index (χ3v) is 6.23. The topological polar surface area (TPSA) is 134 Å². The lowest BCUT2D eigenvalue weighted by Gasteiger charge is -2.19. The summed E-state index contributed by atoms with van der Waals surface area (Å²) in [6.07, 6.45) is 13.7. The molecule has 202 valence electrons. The summed E-state index contributed by atoms with van der Waals surface area (Å²) < 4.78 is 31.9. The Morgan fingerprint density at radius 1 is 0.765 bits per heavy atom. The Kier molecular flexibility index (Phi) is 21.8. The quantitative estimate of drug-likeness (QED) is 0.0992. The van der Waals surface area contributed by atoms with Crippen LogP contribution in [0.2, 0.25) is 0 Å². The third kappa shape index (κ3) is 21.5. The molecule has 0 radical (unpaired) electrons. The van der Waals surface area contributed by atoms with E-state index in [1.165, 1.54) is 44.9 Å². The van der Waals surface area contributed by atoms with Gasteiger partial charge < -0.3 is 20.1 Å². The predicted molar refractivity (Wildman–Crippen MR) is 132 cm³/mol. The van der Waals surface area contributed by atoms with E-state index in [4.69, 9.17) is 19.7 Å². The smallest absolute Gasteiger partial charge is 0.462 e. The predicted octanol–water partition coefficient (Wildman–Crippen LogP) is 5.43. The number of ether oxygens (including phenoxy) is 2. The number of phosphoric ester groups is 1. The van der Waals surface area contributed by atoms with Crippen LogP contribution >= 0.6 is 7.82 Å². The van der Waals surface area contributed by atoms with E-state index in [0.717, 1.165) is 32.1 Å². The van der Waals surface area contributed by atoms with Gasteiger partial charge >= 0.3 is 19.8 Å². The van der Waals surface area contributed by atoms with Crippen molar-refractivity contribution in [2.75, 3.05) is 26.4 Å². The number of esters is 2. The minimum atomic E-state index is -4.33. The van der Waals surface area contributed by atoms with Crippen molar-refractivity contribution in [2.45, 2.75) is 116 Å². The van der Waals surface area contributed by atoms with Crippen LogP contribution in [-0.2, 0) is 32.7 Å². The first-order valence-electron chi connectivity index (χ1n) is 13.0. The second-order valence-corrected chi connectivity index (χ2v) is 10.0. The Balaban J connectivity index is 4.25. The molecule has 2 atom stereocenters. The Hall–Kier alpha value is -0.990. The van der Waals surface area contributed by atoms with Crippen molar-refractivity contribution >= 4 is 19.8 Å². The van der Waals surface area contributed by atoms with Gasteiger partial charge in [0.1, 0.15) is 6.61 Å². The van der Waals surface area contributed by atoms with Crippen LogP contribution in [0.15, 0.2) is 0 Å². The zero-order valence-electron chi connectivity index (χ0n) is 21.3. The molecule has 0 rings (SSSR count). The van der Waals surface area contributed by atoms with Crippen LogP contribution in [0.1, 0.15) is 110 Å². The molecule has 0 fully saturated rings. The summed E-state index contributed by atoms with van der Waals surface area (Å²) in [4.78, 5) is 33.8. The third-order valence-electron chi connectivity index (χ3n) is 5.24. The molecule has 0 aromatic rings. The minimum absolute atomic E-state index is 0.0559. The molecule has 0 aliphatic heterocycles. The SMILES string of the molecule is CCCCCCCCCCCCC(=O)OC[C@@H](COP(=O)(O)OCCN)OC(=O)CCCCC. The number of carbonyl (C=O) groups is 2. The maximum absolute atomic E-state index is 12.1. The summed E-state index contributed by atoms with van der Waals surface area (Å²) in [5.74, 6) is -0.860. The number of phosphoric acid groups is 1. The van der Waals surface area contributed by atoms with E-state index in [2.05, 4.69) is 11.4 Å². The molecule has 0 aromatic carbocycles. The summed E-state index contributed by atoms with van der Waals surface area (Å²) in [5, 5.41) is 0. The number of hydrogen-bond acceptors (Lipinski definition) is 8. The lowest BCUT2D eigenvalue weighted by atomic mass is 10.1. The van der Waals surface area contributed by atoms with E-state index in [1.54, 1.807) is 0 Å². The average Bonchev–Trinajstić information content (AvgIpc) is 2.81.